The third kappa shape index (κ3) is 3.71. The third-order valence-corrected chi connectivity index (χ3v) is 3.42. The number of nitrogens with zero attached hydrogens (tertiary/aromatic N) is 1. The van der Waals surface area contributed by atoms with E-state index in [4.69, 9.17) is 9.47 Å². The predicted octanol–water partition coefficient (Wildman–Crippen LogP) is 1.15. The van der Waals surface area contributed by atoms with Crippen LogP contribution in [0, 0.1) is 0 Å². The Morgan fingerprint density at radius 1 is 1.35 bits per heavy atom. The summed E-state index contributed by atoms with van der Waals surface area (Å²) >= 11 is 0. The molecule has 1 N–H and O–H groups in total. The van der Waals surface area contributed by atoms with Gasteiger partial charge in [-0.15, -0.1) is 0 Å². The lowest BCUT2D eigenvalue weighted by molar-refractivity contribution is 0.0655. The standard InChI is InChI=1S/C15H22N2O3/c1-12-11-16-7-8-17(12)15(18)13-3-5-14(6-4-13)20-10-9-19-2/h3-6,12,16H,7-11H2,1-2H3. The second-order valence-corrected chi connectivity index (χ2v) is 4.92. The maximum absolute atomic E-state index is 12.4. The molecule has 1 unspecified atom stereocenters. The maximum Gasteiger partial charge on any atom is 0.254 e. The van der Waals surface area contributed by atoms with Crippen LogP contribution in [-0.2, 0) is 4.74 Å². The average Bonchev–Trinajstić information content (AvgIpc) is 2.48. The van der Waals surface area contributed by atoms with Gasteiger partial charge in [-0.25, -0.2) is 0 Å². The van der Waals surface area contributed by atoms with Crippen LogP contribution >= 0.6 is 0 Å². The van der Waals surface area contributed by atoms with Crippen LogP contribution < -0.4 is 10.1 Å². The minimum absolute atomic E-state index is 0.0856. The summed E-state index contributed by atoms with van der Waals surface area (Å²) in [6.07, 6.45) is 0. The Labute approximate surface area is 119 Å². The average molecular weight is 278 g/mol. The van der Waals surface area contributed by atoms with Crippen molar-refractivity contribution in [3.05, 3.63) is 29.8 Å². The number of nitrogens with one attached hydrogen (secondary N) is 1. The van der Waals surface area contributed by atoms with E-state index in [9.17, 15) is 4.79 Å². The van der Waals surface area contributed by atoms with Gasteiger partial charge in [-0.1, -0.05) is 0 Å². The van der Waals surface area contributed by atoms with Gasteiger partial charge in [0.15, 0.2) is 0 Å². The van der Waals surface area contributed by atoms with Crippen molar-refractivity contribution in [2.45, 2.75) is 13.0 Å². The fourth-order valence-corrected chi connectivity index (χ4v) is 2.25. The number of carbonyl (C=O) groups excluding carboxylic acids is 1. The normalized spacial score (nSPS) is 18.9. The highest BCUT2D eigenvalue weighted by Gasteiger charge is 2.23. The molecule has 1 saturated heterocycles. The maximum atomic E-state index is 12.4. The molecule has 5 heteroatoms. The molecule has 5 nitrogen and oxygen atoms in total. The van der Waals surface area contributed by atoms with Crippen molar-refractivity contribution in [1.29, 1.82) is 0 Å². The highest BCUT2D eigenvalue weighted by atomic mass is 16.5. The number of hydrogen-bond acceptors (Lipinski definition) is 4. The van der Waals surface area contributed by atoms with Crippen LogP contribution in [0.4, 0.5) is 0 Å². The molecule has 0 aliphatic carbocycles. The summed E-state index contributed by atoms with van der Waals surface area (Å²) in [7, 11) is 1.64. The van der Waals surface area contributed by atoms with Crippen LogP contribution in [0.2, 0.25) is 0 Å². The summed E-state index contributed by atoms with van der Waals surface area (Å²) in [5, 5.41) is 3.28. The van der Waals surface area contributed by atoms with E-state index in [1.54, 1.807) is 7.11 Å². The summed E-state index contributed by atoms with van der Waals surface area (Å²) in [6.45, 7) is 5.59. The zero-order valence-electron chi connectivity index (χ0n) is 12.1. The number of methoxy groups -OCH3 is 1. The first kappa shape index (κ1) is 14.8. The predicted molar refractivity (Wildman–Crippen MR) is 77.2 cm³/mol. The molecule has 1 fully saturated rings. The Morgan fingerprint density at radius 3 is 2.75 bits per heavy atom. The van der Waals surface area contributed by atoms with Gasteiger partial charge in [0.2, 0.25) is 0 Å². The zero-order chi connectivity index (χ0) is 14.4. The monoisotopic (exact) mass is 278 g/mol. The summed E-state index contributed by atoms with van der Waals surface area (Å²) in [5.74, 6) is 0.842. The third-order valence-electron chi connectivity index (χ3n) is 3.42. The van der Waals surface area contributed by atoms with Crippen LogP contribution in [0.1, 0.15) is 17.3 Å². The molecule has 1 aliphatic rings. The summed E-state index contributed by atoms with van der Waals surface area (Å²) < 4.78 is 10.4. The number of hydrogen-bond donors (Lipinski definition) is 1. The van der Waals surface area contributed by atoms with Crippen molar-refractivity contribution >= 4 is 5.91 Å². The number of benzene rings is 1. The van der Waals surface area contributed by atoms with Gasteiger partial charge in [-0.05, 0) is 31.2 Å². The molecule has 0 radical (unpaired) electrons. The summed E-state index contributed by atoms with van der Waals surface area (Å²) in [5.41, 5.74) is 0.706. The number of rotatable bonds is 5. The molecule has 1 aromatic carbocycles. The van der Waals surface area contributed by atoms with Crippen molar-refractivity contribution in [2.75, 3.05) is 40.0 Å². The fourth-order valence-electron chi connectivity index (χ4n) is 2.25. The number of ether oxygens (including phenoxy) is 2. The minimum Gasteiger partial charge on any atom is -0.491 e. The van der Waals surface area contributed by atoms with E-state index < -0.39 is 0 Å². The van der Waals surface area contributed by atoms with Crippen molar-refractivity contribution in [3.8, 4) is 5.75 Å². The lowest BCUT2D eigenvalue weighted by atomic mass is 10.1. The molecule has 0 saturated carbocycles. The molecule has 2 rings (SSSR count). The van der Waals surface area contributed by atoms with Gasteiger partial charge in [0.05, 0.1) is 6.61 Å². The Morgan fingerprint density at radius 2 is 2.10 bits per heavy atom. The number of piperazine rings is 1. The summed E-state index contributed by atoms with van der Waals surface area (Å²) in [6, 6.07) is 7.53. The molecular weight excluding hydrogens is 256 g/mol. The molecular formula is C15H22N2O3. The largest absolute Gasteiger partial charge is 0.491 e. The van der Waals surface area contributed by atoms with E-state index in [0.29, 0.717) is 18.8 Å². The van der Waals surface area contributed by atoms with Crippen molar-refractivity contribution in [1.82, 2.24) is 10.2 Å². The van der Waals surface area contributed by atoms with E-state index in [1.807, 2.05) is 29.2 Å². The molecule has 0 aromatic heterocycles. The van der Waals surface area contributed by atoms with Gasteiger partial charge in [0, 0.05) is 38.3 Å². The summed E-state index contributed by atoms with van der Waals surface area (Å²) in [4.78, 5) is 14.3. The number of amides is 1. The molecule has 110 valence electrons. The van der Waals surface area contributed by atoms with Gasteiger partial charge in [-0.2, -0.15) is 0 Å². The van der Waals surface area contributed by atoms with E-state index in [2.05, 4.69) is 12.2 Å². The molecule has 20 heavy (non-hydrogen) atoms. The molecule has 1 aromatic rings. The van der Waals surface area contributed by atoms with Crippen LogP contribution in [0.25, 0.3) is 0 Å². The first-order valence-electron chi connectivity index (χ1n) is 6.96. The molecule has 1 atom stereocenters. The second-order valence-electron chi connectivity index (χ2n) is 4.92. The molecule has 1 aliphatic heterocycles. The number of carbonyl (C=O) groups is 1. The van der Waals surface area contributed by atoms with Crippen LogP contribution in [0.5, 0.6) is 5.75 Å². The van der Waals surface area contributed by atoms with E-state index >= 15 is 0 Å². The van der Waals surface area contributed by atoms with Crippen LogP contribution in [-0.4, -0.2) is 56.8 Å². The van der Waals surface area contributed by atoms with Gasteiger partial charge >= 0.3 is 0 Å². The lowest BCUT2D eigenvalue weighted by Gasteiger charge is -2.34. The van der Waals surface area contributed by atoms with E-state index in [1.165, 1.54) is 0 Å². The zero-order valence-corrected chi connectivity index (χ0v) is 12.1. The van der Waals surface area contributed by atoms with Gasteiger partial charge in [0.25, 0.3) is 5.91 Å². The van der Waals surface area contributed by atoms with Gasteiger partial charge in [-0.3, -0.25) is 4.79 Å². The quantitative estimate of drug-likeness (QED) is 0.821. The topological polar surface area (TPSA) is 50.8 Å². The van der Waals surface area contributed by atoms with Crippen molar-refractivity contribution in [3.63, 3.8) is 0 Å². The Balaban J connectivity index is 1.96. The molecule has 1 heterocycles. The van der Waals surface area contributed by atoms with Crippen molar-refractivity contribution < 1.29 is 14.3 Å². The second kappa shape index (κ2) is 7.26. The van der Waals surface area contributed by atoms with Gasteiger partial charge in [0.1, 0.15) is 12.4 Å². The van der Waals surface area contributed by atoms with Crippen LogP contribution in [0.3, 0.4) is 0 Å². The smallest absolute Gasteiger partial charge is 0.254 e. The first-order chi connectivity index (χ1) is 9.72. The highest BCUT2D eigenvalue weighted by molar-refractivity contribution is 5.94. The molecule has 0 bridgehead atoms. The van der Waals surface area contributed by atoms with Gasteiger partial charge < -0.3 is 19.7 Å². The fraction of sp³-hybridized carbons (Fsp3) is 0.533. The van der Waals surface area contributed by atoms with E-state index in [-0.39, 0.29) is 11.9 Å². The Bertz CT molecular complexity index is 433. The Kier molecular flexibility index (Phi) is 5.38. The Hall–Kier alpha value is -1.59. The molecule has 1 amide bonds. The SMILES string of the molecule is COCCOc1ccc(C(=O)N2CCNCC2C)cc1. The van der Waals surface area contributed by atoms with Crippen molar-refractivity contribution in [2.24, 2.45) is 0 Å². The minimum atomic E-state index is 0.0856. The van der Waals surface area contributed by atoms with E-state index in [0.717, 1.165) is 25.4 Å². The molecule has 0 spiro atoms. The van der Waals surface area contributed by atoms with Crippen LogP contribution in [0.15, 0.2) is 24.3 Å². The lowest BCUT2D eigenvalue weighted by Crippen LogP contribution is -2.52. The highest BCUT2D eigenvalue weighted by Crippen LogP contribution is 2.15. The first-order valence-corrected chi connectivity index (χ1v) is 6.96.